The van der Waals surface area contributed by atoms with Crippen LogP contribution in [-0.4, -0.2) is 22.5 Å². The maximum atomic E-state index is 5.65. The van der Waals surface area contributed by atoms with Crippen molar-refractivity contribution in [2.45, 2.75) is 11.8 Å². The Balaban J connectivity index is 1.42. The Kier molecular flexibility index (Phi) is 5.23. The number of benzene rings is 2. The van der Waals surface area contributed by atoms with E-state index in [1.807, 2.05) is 36.4 Å². The monoisotopic (exact) mass is 311 g/mol. The lowest BCUT2D eigenvalue weighted by Crippen LogP contribution is -2.16. The molecule has 22 heavy (non-hydrogen) atoms. The lowest BCUT2D eigenvalue weighted by molar-refractivity contribution is 0.465. The van der Waals surface area contributed by atoms with Gasteiger partial charge in [0.05, 0.1) is 0 Å². The Hall–Kier alpha value is -2.11. The molecular formula is C17H17N3OS. The van der Waals surface area contributed by atoms with Gasteiger partial charge in [0.2, 0.25) is 5.89 Å². The Labute approximate surface area is 134 Å². The lowest BCUT2D eigenvalue weighted by Gasteiger charge is -2.03. The van der Waals surface area contributed by atoms with Gasteiger partial charge < -0.3 is 9.73 Å². The lowest BCUT2D eigenvalue weighted by atomic mass is 10.2. The second-order valence-electron chi connectivity index (χ2n) is 4.75. The highest BCUT2D eigenvalue weighted by Gasteiger charge is 2.07. The highest BCUT2D eigenvalue weighted by atomic mass is 32.2. The Morgan fingerprint density at radius 3 is 2.41 bits per heavy atom. The molecule has 0 spiro atoms. The molecule has 4 nitrogen and oxygen atoms in total. The highest BCUT2D eigenvalue weighted by Crippen LogP contribution is 2.22. The predicted molar refractivity (Wildman–Crippen MR) is 88.6 cm³/mol. The van der Waals surface area contributed by atoms with Gasteiger partial charge in [0.15, 0.2) is 0 Å². The number of aromatic nitrogens is 2. The molecule has 0 fully saturated rings. The first-order valence-corrected chi connectivity index (χ1v) is 8.17. The molecule has 0 saturated carbocycles. The van der Waals surface area contributed by atoms with E-state index in [0.717, 1.165) is 24.4 Å². The highest BCUT2D eigenvalue weighted by molar-refractivity contribution is 7.99. The van der Waals surface area contributed by atoms with E-state index in [2.05, 4.69) is 39.8 Å². The van der Waals surface area contributed by atoms with E-state index >= 15 is 0 Å². The first-order chi connectivity index (χ1) is 10.9. The molecule has 0 atom stereocenters. The molecule has 0 aliphatic heterocycles. The molecule has 1 N–H and O–H groups in total. The smallest absolute Gasteiger partial charge is 0.276 e. The van der Waals surface area contributed by atoms with Crippen LogP contribution in [0.25, 0.3) is 11.5 Å². The van der Waals surface area contributed by atoms with E-state index in [4.69, 9.17) is 4.42 Å². The van der Waals surface area contributed by atoms with Crippen molar-refractivity contribution in [1.29, 1.82) is 0 Å². The van der Waals surface area contributed by atoms with E-state index < -0.39 is 0 Å². The normalized spacial score (nSPS) is 10.7. The van der Waals surface area contributed by atoms with Crippen molar-refractivity contribution in [2.75, 3.05) is 12.3 Å². The van der Waals surface area contributed by atoms with Gasteiger partial charge in [-0.25, -0.2) is 0 Å². The van der Waals surface area contributed by atoms with E-state index in [1.54, 1.807) is 11.8 Å². The van der Waals surface area contributed by atoms with Crippen LogP contribution in [0.4, 0.5) is 0 Å². The summed E-state index contributed by atoms with van der Waals surface area (Å²) in [6.07, 6.45) is 0. The third kappa shape index (κ3) is 4.19. The topological polar surface area (TPSA) is 51.0 Å². The molecule has 3 rings (SSSR count). The minimum absolute atomic E-state index is 0.570. The van der Waals surface area contributed by atoms with Gasteiger partial charge in [0.25, 0.3) is 5.22 Å². The summed E-state index contributed by atoms with van der Waals surface area (Å²) < 4.78 is 5.65. The maximum absolute atomic E-state index is 5.65. The average molecular weight is 311 g/mol. The van der Waals surface area contributed by atoms with E-state index in [0.29, 0.717) is 11.1 Å². The molecule has 3 aromatic rings. The van der Waals surface area contributed by atoms with Gasteiger partial charge >= 0.3 is 0 Å². The predicted octanol–water partition coefficient (Wildman–Crippen LogP) is 3.62. The summed E-state index contributed by atoms with van der Waals surface area (Å²) >= 11 is 1.57. The Bertz CT molecular complexity index is 685. The molecule has 0 unspecified atom stereocenters. The second-order valence-corrected chi connectivity index (χ2v) is 5.80. The van der Waals surface area contributed by atoms with Crippen LogP contribution < -0.4 is 5.32 Å². The van der Waals surface area contributed by atoms with Gasteiger partial charge in [0.1, 0.15) is 0 Å². The molecule has 0 aliphatic carbocycles. The number of nitrogens with one attached hydrogen (secondary N) is 1. The van der Waals surface area contributed by atoms with Gasteiger partial charge in [-0.05, 0) is 17.7 Å². The molecule has 2 aromatic carbocycles. The average Bonchev–Trinajstić information content (AvgIpc) is 3.05. The number of hydrogen-bond acceptors (Lipinski definition) is 5. The fourth-order valence-electron chi connectivity index (χ4n) is 2.00. The summed E-state index contributed by atoms with van der Waals surface area (Å²) in [6, 6.07) is 20.2. The first kappa shape index (κ1) is 14.8. The quantitative estimate of drug-likeness (QED) is 0.533. The Morgan fingerprint density at radius 2 is 1.64 bits per heavy atom. The molecule has 0 saturated heterocycles. The summed E-state index contributed by atoms with van der Waals surface area (Å²) in [7, 11) is 0. The zero-order valence-corrected chi connectivity index (χ0v) is 12.9. The SMILES string of the molecule is c1ccc(CNCCSc2nnc(-c3ccccc3)o2)cc1. The van der Waals surface area contributed by atoms with Crippen molar-refractivity contribution in [3.8, 4) is 11.5 Å². The van der Waals surface area contributed by atoms with Gasteiger partial charge in [-0.3, -0.25) is 0 Å². The fraction of sp³-hybridized carbons (Fsp3) is 0.176. The molecule has 0 aliphatic rings. The molecule has 1 heterocycles. The van der Waals surface area contributed by atoms with Crippen LogP contribution in [0.1, 0.15) is 5.56 Å². The number of thioether (sulfide) groups is 1. The molecule has 112 valence electrons. The molecule has 1 aromatic heterocycles. The van der Waals surface area contributed by atoms with Crippen LogP contribution in [0, 0.1) is 0 Å². The van der Waals surface area contributed by atoms with Gasteiger partial charge in [-0.1, -0.05) is 60.3 Å². The largest absolute Gasteiger partial charge is 0.411 e. The fourth-order valence-corrected chi connectivity index (χ4v) is 2.66. The van der Waals surface area contributed by atoms with Gasteiger partial charge in [-0.2, -0.15) is 0 Å². The summed E-state index contributed by atoms with van der Waals surface area (Å²) in [4.78, 5) is 0. The summed E-state index contributed by atoms with van der Waals surface area (Å²) in [5.41, 5.74) is 2.24. The van der Waals surface area contributed by atoms with Crippen LogP contribution in [-0.2, 0) is 6.54 Å². The van der Waals surface area contributed by atoms with Crippen LogP contribution in [0.15, 0.2) is 70.3 Å². The third-order valence-electron chi connectivity index (χ3n) is 3.10. The number of nitrogens with zero attached hydrogens (tertiary/aromatic N) is 2. The van der Waals surface area contributed by atoms with Crippen LogP contribution >= 0.6 is 11.8 Å². The zero-order chi connectivity index (χ0) is 15.0. The summed E-state index contributed by atoms with van der Waals surface area (Å²) in [5, 5.41) is 12.2. The van der Waals surface area contributed by atoms with Crippen LogP contribution in [0.3, 0.4) is 0 Å². The summed E-state index contributed by atoms with van der Waals surface area (Å²) in [5.74, 6) is 1.46. The minimum atomic E-state index is 0.570. The van der Waals surface area contributed by atoms with E-state index in [9.17, 15) is 0 Å². The van der Waals surface area contributed by atoms with Gasteiger partial charge in [0, 0.05) is 24.4 Å². The standard InChI is InChI=1S/C17H17N3OS/c1-3-7-14(8-4-1)13-18-11-12-22-17-20-19-16(21-17)15-9-5-2-6-10-15/h1-10,18H,11-13H2. The molecule has 0 radical (unpaired) electrons. The molecule has 0 bridgehead atoms. The maximum Gasteiger partial charge on any atom is 0.276 e. The zero-order valence-electron chi connectivity index (χ0n) is 12.1. The number of hydrogen-bond donors (Lipinski definition) is 1. The van der Waals surface area contributed by atoms with Crippen molar-refractivity contribution < 1.29 is 4.42 Å². The Morgan fingerprint density at radius 1 is 0.909 bits per heavy atom. The molecule has 5 heteroatoms. The van der Waals surface area contributed by atoms with Crippen LogP contribution in [0.2, 0.25) is 0 Å². The van der Waals surface area contributed by atoms with E-state index in [-0.39, 0.29) is 0 Å². The van der Waals surface area contributed by atoms with E-state index in [1.165, 1.54) is 5.56 Å². The van der Waals surface area contributed by atoms with Crippen molar-refractivity contribution >= 4 is 11.8 Å². The molecular weight excluding hydrogens is 294 g/mol. The minimum Gasteiger partial charge on any atom is -0.411 e. The summed E-state index contributed by atoms with van der Waals surface area (Å²) in [6.45, 7) is 1.77. The molecule has 0 amide bonds. The van der Waals surface area contributed by atoms with Crippen molar-refractivity contribution in [2.24, 2.45) is 0 Å². The van der Waals surface area contributed by atoms with Gasteiger partial charge in [-0.15, -0.1) is 10.2 Å². The number of rotatable bonds is 7. The second kappa shape index (κ2) is 7.77. The van der Waals surface area contributed by atoms with Crippen molar-refractivity contribution in [3.05, 3.63) is 66.2 Å². The van der Waals surface area contributed by atoms with Crippen molar-refractivity contribution in [1.82, 2.24) is 15.5 Å². The first-order valence-electron chi connectivity index (χ1n) is 7.18. The van der Waals surface area contributed by atoms with Crippen molar-refractivity contribution in [3.63, 3.8) is 0 Å². The van der Waals surface area contributed by atoms with Crippen LogP contribution in [0.5, 0.6) is 0 Å². The third-order valence-corrected chi connectivity index (χ3v) is 3.92.